The summed E-state index contributed by atoms with van der Waals surface area (Å²) in [5, 5.41) is 17.0. The van der Waals surface area contributed by atoms with Gasteiger partial charge in [-0.3, -0.25) is 9.59 Å². The first-order chi connectivity index (χ1) is 12.0. The first kappa shape index (κ1) is 18.9. The molecule has 0 bridgehead atoms. The van der Waals surface area contributed by atoms with E-state index < -0.39 is 0 Å². The van der Waals surface area contributed by atoms with Crippen molar-refractivity contribution < 1.29 is 9.59 Å². The summed E-state index contributed by atoms with van der Waals surface area (Å²) in [6, 6.07) is 6.94. The zero-order valence-corrected chi connectivity index (χ0v) is 15.5. The third-order valence-corrected chi connectivity index (χ3v) is 4.99. The van der Waals surface area contributed by atoms with Crippen LogP contribution in [0.3, 0.4) is 0 Å². The van der Waals surface area contributed by atoms with Crippen LogP contribution in [0.1, 0.15) is 13.8 Å². The van der Waals surface area contributed by atoms with Crippen LogP contribution in [-0.4, -0.2) is 33.8 Å². The number of nitrogens with one attached hydrogen (secondary N) is 3. The van der Waals surface area contributed by atoms with Crippen LogP contribution in [0.2, 0.25) is 0 Å². The third-order valence-electron chi connectivity index (χ3n) is 2.92. The largest absolute Gasteiger partial charge is 0.357 e. The lowest BCUT2D eigenvalue weighted by Gasteiger charge is -2.11. The van der Waals surface area contributed by atoms with E-state index in [0.717, 1.165) is 4.34 Å². The zero-order chi connectivity index (χ0) is 18.2. The van der Waals surface area contributed by atoms with Crippen LogP contribution < -0.4 is 16.0 Å². The van der Waals surface area contributed by atoms with E-state index in [4.69, 9.17) is 0 Å². The predicted octanol–water partition coefficient (Wildman–Crippen LogP) is 3.21. The summed E-state index contributed by atoms with van der Waals surface area (Å²) in [5.74, 6) is -0.270. The highest BCUT2D eigenvalue weighted by atomic mass is 32.2. The standard InChI is InChI=1S/C16H19N5O2S2/c1-4-9-17-15-20-21-16(25-15)24-10(2)14(23)19-13-7-5-12(6-8-13)18-11(3)22/h4-8,10H,1,9H2,2-3H3,(H,17,20)(H,18,22)(H,19,23)/t10-/m1/s1. The number of amides is 2. The van der Waals surface area contributed by atoms with Crippen LogP contribution in [0.4, 0.5) is 16.5 Å². The number of benzene rings is 1. The average Bonchev–Trinajstić information content (AvgIpc) is 3.01. The summed E-state index contributed by atoms with van der Waals surface area (Å²) in [5.41, 5.74) is 1.35. The number of anilines is 3. The number of nitrogens with zero attached hydrogens (tertiary/aromatic N) is 2. The average molecular weight is 377 g/mol. The Bertz CT molecular complexity index is 745. The minimum absolute atomic E-state index is 0.131. The number of aromatic nitrogens is 2. The summed E-state index contributed by atoms with van der Waals surface area (Å²) < 4.78 is 0.718. The number of carbonyl (C=O) groups is 2. The number of hydrogen-bond acceptors (Lipinski definition) is 7. The summed E-state index contributed by atoms with van der Waals surface area (Å²) >= 11 is 2.74. The van der Waals surface area contributed by atoms with Gasteiger partial charge in [0.2, 0.25) is 16.9 Å². The molecule has 3 N–H and O–H groups in total. The Morgan fingerprint density at radius 1 is 1.24 bits per heavy atom. The molecule has 1 aromatic heterocycles. The van der Waals surface area contributed by atoms with Crippen molar-refractivity contribution in [2.24, 2.45) is 0 Å². The highest BCUT2D eigenvalue weighted by Crippen LogP contribution is 2.29. The molecule has 0 saturated carbocycles. The second-order valence-corrected chi connectivity index (χ2v) is 7.62. The van der Waals surface area contributed by atoms with Gasteiger partial charge >= 0.3 is 0 Å². The number of thioether (sulfide) groups is 1. The maximum atomic E-state index is 12.3. The van der Waals surface area contributed by atoms with Crippen molar-refractivity contribution in [3.05, 3.63) is 36.9 Å². The molecule has 0 saturated heterocycles. The Morgan fingerprint density at radius 3 is 2.48 bits per heavy atom. The lowest BCUT2D eigenvalue weighted by Crippen LogP contribution is -2.22. The van der Waals surface area contributed by atoms with E-state index in [2.05, 4.69) is 32.7 Å². The Kier molecular flexibility index (Phi) is 6.96. The van der Waals surface area contributed by atoms with E-state index in [9.17, 15) is 9.59 Å². The normalized spacial score (nSPS) is 11.4. The lowest BCUT2D eigenvalue weighted by atomic mass is 10.2. The van der Waals surface area contributed by atoms with Gasteiger partial charge in [0.05, 0.1) is 5.25 Å². The van der Waals surface area contributed by atoms with Crippen LogP contribution in [0.25, 0.3) is 0 Å². The molecular formula is C16H19N5O2S2. The molecule has 0 spiro atoms. The van der Waals surface area contributed by atoms with Gasteiger partial charge in [0.1, 0.15) is 0 Å². The molecule has 1 aromatic carbocycles. The first-order valence-electron chi connectivity index (χ1n) is 7.51. The van der Waals surface area contributed by atoms with Crippen molar-refractivity contribution in [1.29, 1.82) is 0 Å². The van der Waals surface area contributed by atoms with E-state index in [1.165, 1.54) is 30.0 Å². The molecule has 7 nitrogen and oxygen atoms in total. The van der Waals surface area contributed by atoms with Crippen LogP contribution in [0.15, 0.2) is 41.3 Å². The highest BCUT2D eigenvalue weighted by molar-refractivity contribution is 8.02. The molecule has 0 aliphatic rings. The van der Waals surface area contributed by atoms with Crippen LogP contribution in [0, 0.1) is 0 Å². The van der Waals surface area contributed by atoms with Crippen molar-refractivity contribution in [2.45, 2.75) is 23.4 Å². The maximum Gasteiger partial charge on any atom is 0.237 e. The van der Waals surface area contributed by atoms with Crippen molar-refractivity contribution in [3.63, 3.8) is 0 Å². The molecule has 25 heavy (non-hydrogen) atoms. The van der Waals surface area contributed by atoms with E-state index in [-0.39, 0.29) is 17.1 Å². The van der Waals surface area contributed by atoms with Gasteiger partial charge in [-0.25, -0.2) is 0 Å². The SMILES string of the molecule is C=CCNc1nnc(S[C@H](C)C(=O)Nc2ccc(NC(C)=O)cc2)s1. The summed E-state index contributed by atoms with van der Waals surface area (Å²) in [6.07, 6.45) is 1.74. The fourth-order valence-electron chi connectivity index (χ4n) is 1.78. The molecule has 0 aliphatic heterocycles. The minimum atomic E-state index is -0.324. The minimum Gasteiger partial charge on any atom is -0.357 e. The van der Waals surface area contributed by atoms with E-state index in [0.29, 0.717) is 23.1 Å². The van der Waals surface area contributed by atoms with Crippen molar-refractivity contribution in [1.82, 2.24) is 10.2 Å². The maximum absolute atomic E-state index is 12.3. The molecule has 0 fully saturated rings. The second kappa shape index (κ2) is 9.19. The molecule has 9 heteroatoms. The zero-order valence-electron chi connectivity index (χ0n) is 13.9. The summed E-state index contributed by atoms with van der Waals surface area (Å²) in [4.78, 5) is 23.3. The van der Waals surface area contributed by atoms with E-state index in [1.54, 1.807) is 30.3 Å². The number of hydrogen-bond donors (Lipinski definition) is 3. The lowest BCUT2D eigenvalue weighted by molar-refractivity contribution is -0.115. The molecule has 2 rings (SSSR count). The van der Waals surface area contributed by atoms with Crippen molar-refractivity contribution in [3.8, 4) is 0 Å². The Hall–Kier alpha value is -2.39. The van der Waals surface area contributed by atoms with Crippen molar-refractivity contribution >= 4 is 51.4 Å². The quantitative estimate of drug-likeness (QED) is 0.483. The van der Waals surface area contributed by atoms with Gasteiger partial charge < -0.3 is 16.0 Å². The van der Waals surface area contributed by atoms with E-state index in [1.807, 2.05) is 6.92 Å². The second-order valence-electron chi connectivity index (χ2n) is 5.05. The van der Waals surface area contributed by atoms with Crippen LogP contribution in [0.5, 0.6) is 0 Å². The Labute approximate surface area is 154 Å². The van der Waals surface area contributed by atoms with Crippen LogP contribution in [-0.2, 0) is 9.59 Å². The van der Waals surface area contributed by atoms with Gasteiger partial charge in [-0.2, -0.15) is 0 Å². The molecular weight excluding hydrogens is 358 g/mol. The monoisotopic (exact) mass is 377 g/mol. The molecule has 2 aromatic rings. The molecule has 1 atom stereocenters. The van der Waals surface area contributed by atoms with Gasteiger partial charge in [0.25, 0.3) is 0 Å². The van der Waals surface area contributed by atoms with Gasteiger partial charge in [0.15, 0.2) is 4.34 Å². The molecule has 132 valence electrons. The topological polar surface area (TPSA) is 96.0 Å². The first-order valence-corrected chi connectivity index (χ1v) is 9.21. The summed E-state index contributed by atoms with van der Waals surface area (Å²) in [7, 11) is 0. The van der Waals surface area contributed by atoms with Gasteiger partial charge in [-0.05, 0) is 31.2 Å². The summed E-state index contributed by atoms with van der Waals surface area (Å²) in [6.45, 7) is 7.50. The van der Waals surface area contributed by atoms with E-state index >= 15 is 0 Å². The highest BCUT2D eigenvalue weighted by Gasteiger charge is 2.17. The molecule has 0 radical (unpaired) electrons. The van der Waals surface area contributed by atoms with Crippen LogP contribution >= 0.6 is 23.1 Å². The molecule has 2 amide bonds. The fraction of sp³-hybridized carbons (Fsp3) is 0.250. The predicted molar refractivity (Wildman–Crippen MR) is 103 cm³/mol. The molecule has 0 aliphatic carbocycles. The van der Waals surface area contributed by atoms with Gasteiger partial charge in [0, 0.05) is 24.8 Å². The van der Waals surface area contributed by atoms with Gasteiger partial charge in [-0.15, -0.1) is 16.8 Å². The number of carbonyl (C=O) groups excluding carboxylic acids is 2. The van der Waals surface area contributed by atoms with Gasteiger partial charge in [-0.1, -0.05) is 29.2 Å². The molecule has 0 unspecified atom stereocenters. The van der Waals surface area contributed by atoms with Crippen molar-refractivity contribution in [2.75, 3.05) is 22.5 Å². The molecule has 1 heterocycles. The Balaban J connectivity index is 1.88. The third kappa shape index (κ3) is 6.20. The number of rotatable bonds is 8. The fourth-order valence-corrected chi connectivity index (χ4v) is 3.68. The Morgan fingerprint density at radius 2 is 1.88 bits per heavy atom. The smallest absolute Gasteiger partial charge is 0.237 e.